The molecule has 2 aromatic carbocycles. The van der Waals surface area contributed by atoms with Gasteiger partial charge in [0, 0.05) is 18.1 Å². The van der Waals surface area contributed by atoms with E-state index >= 15 is 0 Å². The van der Waals surface area contributed by atoms with Crippen LogP contribution in [-0.2, 0) is 14.8 Å². The lowest BCUT2D eigenvalue weighted by Gasteiger charge is -2.34. The maximum Gasteiger partial charge on any atom is 0.244 e. The standard InChI is InChI=1S/C17H17ClN2O3S/c1-12-4-2-7-15(10-12)24(22,23)20-9-8-19-17(21)16(20)13-5-3-6-14(18)11-13/h2-7,10-11,16H,8-9H2,1H3,(H,19,21). The largest absolute Gasteiger partial charge is 0.353 e. The molecule has 0 saturated carbocycles. The van der Waals surface area contributed by atoms with Crippen LogP contribution >= 0.6 is 11.6 Å². The van der Waals surface area contributed by atoms with Gasteiger partial charge in [-0.05, 0) is 42.3 Å². The molecule has 1 atom stereocenters. The third kappa shape index (κ3) is 3.17. The maximum atomic E-state index is 13.1. The van der Waals surface area contributed by atoms with E-state index in [0.717, 1.165) is 5.56 Å². The van der Waals surface area contributed by atoms with Crippen molar-refractivity contribution in [3.05, 3.63) is 64.7 Å². The summed E-state index contributed by atoms with van der Waals surface area (Å²) in [6, 6.07) is 12.5. The Balaban J connectivity index is 2.08. The molecule has 1 heterocycles. The zero-order valence-electron chi connectivity index (χ0n) is 13.1. The van der Waals surface area contributed by atoms with Crippen molar-refractivity contribution >= 4 is 27.5 Å². The molecule has 5 nitrogen and oxygen atoms in total. The number of amides is 1. The molecule has 1 N–H and O–H groups in total. The van der Waals surface area contributed by atoms with Gasteiger partial charge in [0.1, 0.15) is 6.04 Å². The number of hydrogen-bond donors (Lipinski definition) is 1. The second kappa shape index (κ2) is 6.55. The van der Waals surface area contributed by atoms with Crippen LogP contribution in [0, 0.1) is 6.92 Å². The van der Waals surface area contributed by atoms with E-state index in [1.165, 1.54) is 4.31 Å². The first-order valence-corrected chi connectivity index (χ1v) is 9.33. The van der Waals surface area contributed by atoms with Crippen LogP contribution in [0.15, 0.2) is 53.4 Å². The van der Waals surface area contributed by atoms with Gasteiger partial charge in [-0.1, -0.05) is 35.9 Å². The Morgan fingerprint density at radius 1 is 1.17 bits per heavy atom. The van der Waals surface area contributed by atoms with Crippen LogP contribution in [0.5, 0.6) is 0 Å². The van der Waals surface area contributed by atoms with Crippen molar-refractivity contribution in [3.8, 4) is 0 Å². The van der Waals surface area contributed by atoms with E-state index in [9.17, 15) is 13.2 Å². The lowest BCUT2D eigenvalue weighted by molar-refractivity contribution is -0.126. The number of rotatable bonds is 3. The molecule has 2 aromatic rings. The molecular formula is C17H17ClN2O3S. The van der Waals surface area contributed by atoms with Crippen molar-refractivity contribution in [2.45, 2.75) is 17.9 Å². The Labute approximate surface area is 146 Å². The van der Waals surface area contributed by atoms with Crippen LogP contribution in [0.25, 0.3) is 0 Å². The minimum atomic E-state index is -3.80. The first-order chi connectivity index (χ1) is 11.4. The van der Waals surface area contributed by atoms with Gasteiger partial charge in [0.05, 0.1) is 4.90 Å². The van der Waals surface area contributed by atoms with E-state index in [-0.39, 0.29) is 23.9 Å². The van der Waals surface area contributed by atoms with Crippen molar-refractivity contribution in [1.29, 1.82) is 0 Å². The molecular weight excluding hydrogens is 348 g/mol. The summed E-state index contributed by atoms with van der Waals surface area (Å²) in [6.07, 6.45) is 0. The molecule has 24 heavy (non-hydrogen) atoms. The number of aryl methyl sites for hydroxylation is 1. The van der Waals surface area contributed by atoms with Gasteiger partial charge in [0.2, 0.25) is 15.9 Å². The van der Waals surface area contributed by atoms with E-state index in [1.54, 1.807) is 42.5 Å². The number of carbonyl (C=O) groups excluding carboxylic acids is 1. The van der Waals surface area contributed by atoms with E-state index < -0.39 is 16.1 Å². The number of sulfonamides is 1. The average Bonchev–Trinajstić information content (AvgIpc) is 2.54. The molecule has 1 amide bonds. The molecule has 0 spiro atoms. The highest BCUT2D eigenvalue weighted by Gasteiger charge is 2.39. The number of benzene rings is 2. The Hall–Kier alpha value is -1.89. The molecule has 7 heteroatoms. The summed E-state index contributed by atoms with van der Waals surface area (Å²) in [7, 11) is -3.80. The third-order valence-electron chi connectivity index (χ3n) is 3.93. The topological polar surface area (TPSA) is 66.5 Å². The summed E-state index contributed by atoms with van der Waals surface area (Å²) < 4.78 is 27.4. The Morgan fingerprint density at radius 2 is 1.92 bits per heavy atom. The number of nitrogens with one attached hydrogen (secondary N) is 1. The quantitative estimate of drug-likeness (QED) is 0.910. The Bertz CT molecular complexity index is 883. The molecule has 1 fully saturated rings. The highest BCUT2D eigenvalue weighted by atomic mass is 35.5. The minimum Gasteiger partial charge on any atom is -0.353 e. The molecule has 0 bridgehead atoms. The van der Waals surface area contributed by atoms with Gasteiger partial charge >= 0.3 is 0 Å². The summed E-state index contributed by atoms with van der Waals surface area (Å²) in [4.78, 5) is 12.6. The monoisotopic (exact) mass is 364 g/mol. The van der Waals surface area contributed by atoms with Gasteiger partial charge in [0.15, 0.2) is 0 Å². The SMILES string of the molecule is Cc1cccc(S(=O)(=O)N2CCNC(=O)C2c2cccc(Cl)c2)c1. The van der Waals surface area contributed by atoms with Crippen LogP contribution in [-0.4, -0.2) is 31.7 Å². The van der Waals surface area contributed by atoms with Gasteiger partial charge in [-0.15, -0.1) is 0 Å². The highest BCUT2D eigenvalue weighted by molar-refractivity contribution is 7.89. The van der Waals surface area contributed by atoms with Crippen molar-refractivity contribution in [3.63, 3.8) is 0 Å². The second-order valence-electron chi connectivity index (χ2n) is 5.68. The van der Waals surface area contributed by atoms with Crippen LogP contribution < -0.4 is 5.32 Å². The van der Waals surface area contributed by atoms with Crippen LogP contribution in [0.4, 0.5) is 0 Å². The average molecular weight is 365 g/mol. The fourth-order valence-corrected chi connectivity index (χ4v) is 4.69. The number of piperazine rings is 1. The number of carbonyl (C=O) groups is 1. The van der Waals surface area contributed by atoms with Crippen molar-refractivity contribution in [2.75, 3.05) is 13.1 Å². The zero-order chi connectivity index (χ0) is 17.3. The summed E-state index contributed by atoms with van der Waals surface area (Å²) >= 11 is 6.01. The molecule has 0 aliphatic carbocycles. The Kier molecular flexibility index (Phi) is 4.62. The third-order valence-corrected chi connectivity index (χ3v) is 6.02. The van der Waals surface area contributed by atoms with Crippen molar-refractivity contribution < 1.29 is 13.2 Å². The normalized spacial score (nSPS) is 19.1. The Morgan fingerprint density at radius 3 is 2.62 bits per heavy atom. The molecule has 126 valence electrons. The van der Waals surface area contributed by atoms with Gasteiger partial charge in [-0.2, -0.15) is 4.31 Å². The zero-order valence-corrected chi connectivity index (χ0v) is 14.6. The van der Waals surface area contributed by atoms with Gasteiger partial charge in [-0.3, -0.25) is 4.79 Å². The number of hydrogen-bond acceptors (Lipinski definition) is 3. The molecule has 1 aliphatic rings. The molecule has 0 radical (unpaired) electrons. The van der Waals surface area contributed by atoms with Gasteiger partial charge < -0.3 is 5.32 Å². The minimum absolute atomic E-state index is 0.184. The van der Waals surface area contributed by atoms with Crippen LogP contribution in [0.1, 0.15) is 17.2 Å². The van der Waals surface area contributed by atoms with Gasteiger partial charge in [-0.25, -0.2) is 8.42 Å². The van der Waals surface area contributed by atoms with Gasteiger partial charge in [0.25, 0.3) is 0 Å². The van der Waals surface area contributed by atoms with Crippen LogP contribution in [0.2, 0.25) is 5.02 Å². The number of halogens is 1. The summed E-state index contributed by atoms with van der Waals surface area (Å²) in [5.41, 5.74) is 1.40. The van der Waals surface area contributed by atoms with E-state index in [0.29, 0.717) is 10.6 Å². The summed E-state index contributed by atoms with van der Waals surface area (Å²) in [6.45, 7) is 2.32. The molecule has 1 unspecified atom stereocenters. The predicted octanol–water partition coefficient (Wildman–Crippen LogP) is 2.51. The van der Waals surface area contributed by atoms with Crippen LogP contribution in [0.3, 0.4) is 0 Å². The fourth-order valence-electron chi connectivity index (χ4n) is 2.81. The lowest BCUT2D eigenvalue weighted by Crippen LogP contribution is -2.52. The van der Waals surface area contributed by atoms with Crippen molar-refractivity contribution in [2.24, 2.45) is 0 Å². The molecule has 1 aliphatic heterocycles. The van der Waals surface area contributed by atoms with Crippen molar-refractivity contribution in [1.82, 2.24) is 9.62 Å². The summed E-state index contributed by atoms with van der Waals surface area (Å²) in [5.74, 6) is -0.347. The first kappa shape index (κ1) is 17.0. The van der Waals surface area contributed by atoms with E-state index in [4.69, 9.17) is 11.6 Å². The molecule has 3 rings (SSSR count). The number of nitrogens with zero attached hydrogens (tertiary/aromatic N) is 1. The lowest BCUT2D eigenvalue weighted by atomic mass is 10.0. The second-order valence-corrected chi connectivity index (χ2v) is 8.01. The highest BCUT2D eigenvalue weighted by Crippen LogP contribution is 2.31. The van der Waals surface area contributed by atoms with E-state index in [1.807, 2.05) is 13.0 Å². The molecule has 1 saturated heterocycles. The smallest absolute Gasteiger partial charge is 0.244 e. The molecule has 0 aromatic heterocycles. The maximum absolute atomic E-state index is 13.1. The fraction of sp³-hybridized carbons (Fsp3) is 0.235. The first-order valence-electron chi connectivity index (χ1n) is 7.51. The summed E-state index contributed by atoms with van der Waals surface area (Å²) in [5, 5.41) is 3.18. The van der Waals surface area contributed by atoms with E-state index in [2.05, 4.69) is 5.32 Å². The predicted molar refractivity (Wildman–Crippen MR) is 92.3 cm³/mol.